The summed E-state index contributed by atoms with van der Waals surface area (Å²) in [4.78, 5) is 7.05. The first-order valence-corrected chi connectivity index (χ1v) is 7.54. The van der Waals surface area contributed by atoms with Gasteiger partial charge in [-0.05, 0) is 46.2 Å². The largest absolute Gasteiger partial charge is 0.382 e. The van der Waals surface area contributed by atoms with Gasteiger partial charge in [0, 0.05) is 39.4 Å². The first-order valence-electron chi connectivity index (χ1n) is 7.54. The summed E-state index contributed by atoms with van der Waals surface area (Å²) in [6, 6.07) is 0. The molecule has 0 aromatic rings. The number of aliphatic imine (C=N–C) groups is 1. The van der Waals surface area contributed by atoms with E-state index in [1.54, 1.807) is 0 Å². The standard InChI is InChI=1S/C14H30N4O/c1-4-15-14(16-8-6-10-19-5-2)17-11-13-7-9-18(3)12-13/h13H,4-12H2,1-3H3,(H2,15,16,17). The number of rotatable bonds is 8. The molecule has 0 aromatic heterocycles. The van der Waals surface area contributed by atoms with Gasteiger partial charge in [-0.3, -0.25) is 4.99 Å². The van der Waals surface area contributed by atoms with E-state index in [4.69, 9.17) is 4.74 Å². The molecule has 5 nitrogen and oxygen atoms in total. The Balaban J connectivity index is 2.22. The maximum Gasteiger partial charge on any atom is 0.191 e. The zero-order valence-electron chi connectivity index (χ0n) is 12.7. The average Bonchev–Trinajstić information content (AvgIpc) is 2.81. The Bertz CT molecular complexity index is 258. The monoisotopic (exact) mass is 270 g/mol. The number of ether oxygens (including phenoxy) is 1. The van der Waals surface area contributed by atoms with Crippen molar-refractivity contribution < 1.29 is 4.74 Å². The average molecular weight is 270 g/mol. The van der Waals surface area contributed by atoms with E-state index in [1.807, 2.05) is 6.92 Å². The van der Waals surface area contributed by atoms with Crippen LogP contribution in [0.15, 0.2) is 4.99 Å². The second kappa shape index (κ2) is 10.0. The summed E-state index contributed by atoms with van der Waals surface area (Å²) in [5, 5.41) is 6.65. The SMILES string of the molecule is CCNC(=NCC1CCN(C)C1)NCCCOCC. The topological polar surface area (TPSA) is 48.9 Å². The summed E-state index contributed by atoms with van der Waals surface area (Å²) in [5.41, 5.74) is 0. The molecule has 0 aliphatic carbocycles. The zero-order chi connectivity index (χ0) is 13.9. The normalized spacial score (nSPS) is 20.8. The molecule has 0 spiro atoms. The number of nitrogens with one attached hydrogen (secondary N) is 2. The first kappa shape index (κ1) is 16.2. The van der Waals surface area contributed by atoms with Crippen LogP contribution in [0.4, 0.5) is 0 Å². The Morgan fingerprint density at radius 2 is 2.21 bits per heavy atom. The van der Waals surface area contributed by atoms with E-state index in [1.165, 1.54) is 19.5 Å². The molecule has 1 heterocycles. The smallest absolute Gasteiger partial charge is 0.191 e. The van der Waals surface area contributed by atoms with Gasteiger partial charge in [0.2, 0.25) is 0 Å². The lowest BCUT2D eigenvalue weighted by Gasteiger charge is -2.13. The lowest BCUT2D eigenvalue weighted by Crippen LogP contribution is -2.38. The van der Waals surface area contributed by atoms with Crippen molar-refractivity contribution in [3.8, 4) is 0 Å². The van der Waals surface area contributed by atoms with E-state index in [-0.39, 0.29) is 0 Å². The molecule has 1 saturated heterocycles. The van der Waals surface area contributed by atoms with Gasteiger partial charge in [-0.25, -0.2) is 0 Å². The Morgan fingerprint density at radius 3 is 2.84 bits per heavy atom. The van der Waals surface area contributed by atoms with Crippen molar-refractivity contribution in [2.24, 2.45) is 10.9 Å². The third kappa shape index (κ3) is 7.38. The van der Waals surface area contributed by atoms with Crippen LogP contribution < -0.4 is 10.6 Å². The Kier molecular flexibility index (Phi) is 8.58. The van der Waals surface area contributed by atoms with Crippen molar-refractivity contribution in [1.82, 2.24) is 15.5 Å². The summed E-state index contributed by atoms with van der Waals surface area (Å²) in [6.45, 7) is 10.9. The highest BCUT2D eigenvalue weighted by Gasteiger charge is 2.18. The van der Waals surface area contributed by atoms with Crippen LogP contribution in [0, 0.1) is 5.92 Å². The van der Waals surface area contributed by atoms with E-state index in [0.717, 1.165) is 45.2 Å². The van der Waals surface area contributed by atoms with Crippen LogP contribution in [0.25, 0.3) is 0 Å². The van der Waals surface area contributed by atoms with Gasteiger partial charge in [0.1, 0.15) is 0 Å². The highest BCUT2D eigenvalue weighted by Crippen LogP contribution is 2.13. The molecule has 2 N–H and O–H groups in total. The third-order valence-corrected chi connectivity index (χ3v) is 3.30. The van der Waals surface area contributed by atoms with Crippen molar-refractivity contribution >= 4 is 5.96 Å². The van der Waals surface area contributed by atoms with E-state index >= 15 is 0 Å². The van der Waals surface area contributed by atoms with Crippen LogP contribution in [0.2, 0.25) is 0 Å². The predicted octanol–water partition coefficient (Wildman–Crippen LogP) is 0.920. The van der Waals surface area contributed by atoms with Crippen LogP contribution in [-0.2, 0) is 4.74 Å². The van der Waals surface area contributed by atoms with Gasteiger partial charge in [0.15, 0.2) is 5.96 Å². The zero-order valence-corrected chi connectivity index (χ0v) is 12.7. The van der Waals surface area contributed by atoms with Crippen LogP contribution >= 0.6 is 0 Å². The van der Waals surface area contributed by atoms with Crippen LogP contribution in [-0.4, -0.2) is 63.8 Å². The molecule has 0 radical (unpaired) electrons. The fraction of sp³-hybridized carbons (Fsp3) is 0.929. The van der Waals surface area contributed by atoms with Gasteiger partial charge in [0.25, 0.3) is 0 Å². The van der Waals surface area contributed by atoms with Crippen LogP contribution in [0.5, 0.6) is 0 Å². The minimum atomic E-state index is 0.712. The van der Waals surface area contributed by atoms with Crippen LogP contribution in [0.1, 0.15) is 26.7 Å². The summed E-state index contributed by atoms with van der Waals surface area (Å²) in [7, 11) is 2.18. The number of guanidine groups is 1. The van der Waals surface area contributed by atoms with Crippen molar-refractivity contribution in [2.45, 2.75) is 26.7 Å². The molecule has 112 valence electrons. The molecule has 0 saturated carbocycles. The fourth-order valence-electron chi connectivity index (χ4n) is 2.26. The lowest BCUT2D eigenvalue weighted by molar-refractivity contribution is 0.145. The Morgan fingerprint density at radius 1 is 1.37 bits per heavy atom. The van der Waals surface area contributed by atoms with Gasteiger partial charge in [-0.2, -0.15) is 0 Å². The maximum atomic E-state index is 5.32. The molecule has 0 bridgehead atoms. The summed E-state index contributed by atoms with van der Waals surface area (Å²) in [6.07, 6.45) is 2.29. The van der Waals surface area contributed by atoms with E-state index in [0.29, 0.717) is 5.92 Å². The van der Waals surface area contributed by atoms with Gasteiger partial charge < -0.3 is 20.3 Å². The maximum absolute atomic E-state index is 5.32. The van der Waals surface area contributed by atoms with Gasteiger partial charge >= 0.3 is 0 Å². The summed E-state index contributed by atoms with van der Waals surface area (Å²) < 4.78 is 5.32. The Labute approximate surface area is 117 Å². The molecule has 19 heavy (non-hydrogen) atoms. The highest BCUT2D eigenvalue weighted by molar-refractivity contribution is 5.79. The molecule has 0 aromatic carbocycles. The molecular formula is C14H30N4O. The second-order valence-corrected chi connectivity index (χ2v) is 5.11. The first-order chi connectivity index (χ1) is 9.26. The molecule has 1 aliphatic rings. The molecule has 1 atom stereocenters. The van der Waals surface area contributed by atoms with Crippen molar-refractivity contribution in [2.75, 3.05) is 53.0 Å². The second-order valence-electron chi connectivity index (χ2n) is 5.11. The minimum Gasteiger partial charge on any atom is -0.382 e. The van der Waals surface area contributed by atoms with Crippen molar-refractivity contribution in [3.63, 3.8) is 0 Å². The summed E-state index contributed by atoms with van der Waals surface area (Å²) >= 11 is 0. The van der Waals surface area contributed by atoms with E-state index < -0.39 is 0 Å². The molecule has 1 fully saturated rings. The van der Waals surface area contributed by atoms with Gasteiger partial charge in [-0.15, -0.1) is 0 Å². The van der Waals surface area contributed by atoms with E-state index in [9.17, 15) is 0 Å². The number of hydrogen-bond acceptors (Lipinski definition) is 3. The molecule has 1 rings (SSSR count). The Hall–Kier alpha value is -0.810. The number of likely N-dealkylation sites (tertiary alicyclic amines) is 1. The quantitative estimate of drug-likeness (QED) is 0.391. The van der Waals surface area contributed by atoms with Crippen molar-refractivity contribution in [1.29, 1.82) is 0 Å². The van der Waals surface area contributed by atoms with Crippen LogP contribution in [0.3, 0.4) is 0 Å². The molecule has 1 aliphatic heterocycles. The number of hydrogen-bond donors (Lipinski definition) is 2. The van der Waals surface area contributed by atoms with Gasteiger partial charge in [-0.1, -0.05) is 0 Å². The lowest BCUT2D eigenvalue weighted by atomic mass is 10.1. The number of nitrogens with zero attached hydrogens (tertiary/aromatic N) is 2. The third-order valence-electron chi connectivity index (χ3n) is 3.30. The summed E-state index contributed by atoms with van der Waals surface area (Å²) in [5.74, 6) is 1.65. The van der Waals surface area contributed by atoms with Gasteiger partial charge in [0.05, 0.1) is 0 Å². The molecule has 1 unspecified atom stereocenters. The van der Waals surface area contributed by atoms with E-state index in [2.05, 4.69) is 34.5 Å². The molecule has 0 amide bonds. The molecule has 5 heteroatoms. The highest BCUT2D eigenvalue weighted by atomic mass is 16.5. The fourth-order valence-corrected chi connectivity index (χ4v) is 2.26. The minimum absolute atomic E-state index is 0.712. The van der Waals surface area contributed by atoms with Crippen molar-refractivity contribution in [3.05, 3.63) is 0 Å². The molecular weight excluding hydrogens is 240 g/mol. The predicted molar refractivity (Wildman–Crippen MR) is 80.7 cm³/mol.